The van der Waals surface area contributed by atoms with Crippen molar-refractivity contribution in [3.8, 4) is 5.75 Å². The summed E-state index contributed by atoms with van der Waals surface area (Å²) in [5, 5.41) is 10.3. The molecule has 88 valence electrons. The van der Waals surface area contributed by atoms with E-state index in [1.165, 1.54) is 12.1 Å². The fraction of sp³-hybridized carbons (Fsp3) is 0.0769. The Hall–Kier alpha value is -1.60. The summed E-state index contributed by atoms with van der Waals surface area (Å²) in [6, 6.07) is 14.6. The Morgan fingerprint density at radius 2 is 1.59 bits per heavy atom. The SMILES string of the molecule is O=P(CF)(c1ccccc1)c1ccccc1O. The minimum absolute atomic E-state index is 0.127. The Kier molecular flexibility index (Phi) is 3.30. The predicted molar refractivity (Wildman–Crippen MR) is 67.4 cm³/mol. The van der Waals surface area contributed by atoms with Crippen molar-refractivity contribution in [2.45, 2.75) is 0 Å². The van der Waals surface area contributed by atoms with E-state index in [2.05, 4.69) is 0 Å². The molecule has 0 aliphatic heterocycles. The molecule has 4 heteroatoms. The van der Waals surface area contributed by atoms with Gasteiger partial charge in [-0.25, -0.2) is 4.39 Å². The Morgan fingerprint density at radius 3 is 2.18 bits per heavy atom. The number of aromatic hydroxyl groups is 1. The minimum Gasteiger partial charge on any atom is -0.507 e. The van der Waals surface area contributed by atoms with Gasteiger partial charge in [-0.05, 0) is 12.1 Å². The fourth-order valence-corrected chi connectivity index (χ4v) is 3.68. The number of benzene rings is 2. The van der Waals surface area contributed by atoms with Crippen molar-refractivity contribution in [3.05, 3.63) is 54.6 Å². The standard InChI is InChI=1S/C13H12FO2P/c14-10-17(16,11-6-2-1-3-7-11)13-9-5-4-8-12(13)15/h1-9,15H,10H2. The second-order valence-corrected chi connectivity index (χ2v) is 6.40. The van der Waals surface area contributed by atoms with E-state index in [1.54, 1.807) is 42.5 Å². The molecule has 0 saturated heterocycles. The van der Waals surface area contributed by atoms with Crippen LogP contribution in [-0.2, 0) is 4.57 Å². The maximum absolute atomic E-state index is 13.2. The number of rotatable bonds is 3. The third kappa shape index (κ3) is 2.11. The molecule has 0 amide bonds. The molecule has 0 heterocycles. The largest absolute Gasteiger partial charge is 0.507 e. The highest BCUT2D eigenvalue weighted by atomic mass is 31.2. The molecule has 0 fully saturated rings. The summed E-state index contributed by atoms with van der Waals surface area (Å²) < 4.78 is 25.9. The van der Waals surface area contributed by atoms with Gasteiger partial charge in [-0.3, -0.25) is 0 Å². The summed E-state index contributed by atoms with van der Waals surface area (Å²) in [5.74, 6) is -0.127. The first-order valence-electron chi connectivity index (χ1n) is 5.17. The lowest BCUT2D eigenvalue weighted by atomic mass is 10.3. The van der Waals surface area contributed by atoms with Gasteiger partial charge in [0.15, 0.2) is 13.6 Å². The quantitative estimate of drug-likeness (QED) is 0.850. The molecule has 17 heavy (non-hydrogen) atoms. The molecule has 1 N–H and O–H groups in total. The predicted octanol–water partition coefficient (Wildman–Crippen LogP) is 2.63. The molecule has 0 radical (unpaired) electrons. The smallest absolute Gasteiger partial charge is 0.176 e. The van der Waals surface area contributed by atoms with Gasteiger partial charge < -0.3 is 9.67 Å². The van der Waals surface area contributed by atoms with Crippen LogP contribution in [0.25, 0.3) is 0 Å². The van der Waals surface area contributed by atoms with Crippen LogP contribution in [0.5, 0.6) is 5.75 Å². The molecule has 1 atom stereocenters. The van der Waals surface area contributed by atoms with Crippen LogP contribution in [0.15, 0.2) is 54.6 Å². The topological polar surface area (TPSA) is 37.3 Å². The zero-order chi connectivity index (χ0) is 12.3. The molecular formula is C13H12FO2P. The van der Waals surface area contributed by atoms with Crippen LogP contribution in [-0.4, -0.2) is 11.5 Å². The molecule has 0 spiro atoms. The molecular weight excluding hydrogens is 238 g/mol. The van der Waals surface area contributed by atoms with E-state index < -0.39 is 13.6 Å². The summed E-state index contributed by atoms with van der Waals surface area (Å²) in [4.78, 5) is 0. The zero-order valence-electron chi connectivity index (χ0n) is 9.08. The Morgan fingerprint density at radius 1 is 1.00 bits per heavy atom. The first-order valence-corrected chi connectivity index (χ1v) is 7.07. The van der Waals surface area contributed by atoms with Gasteiger partial charge >= 0.3 is 0 Å². The molecule has 2 rings (SSSR count). The van der Waals surface area contributed by atoms with Gasteiger partial charge in [-0.1, -0.05) is 42.5 Å². The van der Waals surface area contributed by atoms with Gasteiger partial charge in [0, 0.05) is 5.30 Å². The molecule has 0 bridgehead atoms. The third-order valence-electron chi connectivity index (χ3n) is 2.61. The lowest BCUT2D eigenvalue weighted by Crippen LogP contribution is -2.17. The summed E-state index contributed by atoms with van der Waals surface area (Å²) in [5.41, 5.74) is 0. The summed E-state index contributed by atoms with van der Waals surface area (Å²) in [7, 11) is -3.36. The zero-order valence-corrected chi connectivity index (χ0v) is 9.98. The number of halogens is 1. The van der Waals surface area contributed by atoms with Gasteiger partial charge in [0.05, 0.1) is 5.30 Å². The van der Waals surface area contributed by atoms with Crippen LogP contribution in [0.1, 0.15) is 0 Å². The molecule has 0 aliphatic carbocycles. The Labute approximate surface area is 99.1 Å². The third-order valence-corrected chi connectivity index (χ3v) is 5.24. The molecule has 1 unspecified atom stereocenters. The Bertz CT molecular complexity index is 554. The molecule has 0 aromatic heterocycles. The second-order valence-electron chi connectivity index (χ2n) is 3.68. The first kappa shape index (κ1) is 11.9. The molecule has 2 aromatic rings. The average Bonchev–Trinajstić information content (AvgIpc) is 2.39. The van der Waals surface area contributed by atoms with Gasteiger partial charge in [0.1, 0.15) is 5.75 Å². The highest BCUT2D eigenvalue weighted by molar-refractivity contribution is 7.78. The average molecular weight is 250 g/mol. The van der Waals surface area contributed by atoms with Crippen molar-refractivity contribution in [2.75, 3.05) is 6.42 Å². The molecule has 0 saturated carbocycles. The molecule has 2 nitrogen and oxygen atoms in total. The van der Waals surface area contributed by atoms with Gasteiger partial charge in [-0.2, -0.15) is 0 Å². The number of alkyl halides is 1. The van der Waals surface area contributed by atoms with Crippen molar-refractivity contribution >= 4 is 17.8 Å². The number of hydrogen-bond donors (Lipinski definition) is 1. The number of hydrogen-bond acceptors (Lipinski definition) is 2. The fourth-order valence-electron chi connectivity index (χ4n) is 1.71. The van der Waals surface area contributed by atoms with E-state index in [0.717, 1.165) is 0 Å². The van der Waals surface area contributed by atoms with Crippen LogP contribution in [0.3, 0.4) is 0 Å². The van der Waals surface area contributed by atoms with Crippen LogP contribution in [0.4, 0.5) is 4.39 Å². The summed E-state index contributed by atoms with van der Waals surface area (Å²) in [6.45, 7) is 0. The Balaban J connectivity index is 2.61. The first-order chi connectivity index (χ1) is 8.18. The lowest BCUT2D eigenvalue weighted by molar-refractivity contribution is 0.478. The number of phenolic OH excluding ortho intramolecular Hbond substituents is 1. The number of para-hydroxylation sites is 1. The monoisotopic (exact) mass is 250 g/mol. The van der Waals surface area contributed by atoms with Gasteiger partial charge in [-0.15, -0.1) is 0 Å². The summed E-state index contributed by atoms with van der Waals surface area (Å²) in [6.07, 6.45) is -0.991. The van der Waals surface area contributed by atoms with Crippen LogP contribution >= 0.6 is 7.14 Å². The van der Waals surface area contributed by atoms with E-state index in [0.29, 0.717) is 5.30 Å². The van der Waals surface area contributed by atoms with Crippen molar-refractivity contribution in [1.29, 1.82) is 0 Å². The van der Waals surface area contributed by atoms with Gasteiger partial charge in [0.2, 0.25) is 0 Å². The molecule has 0 aliphatic rings. The van der Waals surface area contributed by atoms with E-state index in [9.17, 15) is 14.1 Å². The highest BCUT2D eigenvalue weighted by Gasteiger charge is 2.29. The lowest BCUT2D eigenvalue weighted by Gasteiger charge is -2.16. The van der Waals surface area contributed by atoms with Crippen molar-refractivity contribution in [2.24, 2.45) is 0 Å². The van der Waals surface area contributed by atoms with E-state index in [1.807, 2.05) is 0 Å². The van der Waals surface area contributed by atoms with Crippen LogP contribution < -0.4 is 10.6 Å². The molecule has 2 aromatic carbocycles. The number of phenols is 1. The van der Waals surface area contributed by atoms with Crippen molar-refractivity contribution < 1.29 is 14.1 Å². The van der Waals surface area contributed by atoms with Gasteiger partial charge in [0.25, 0.3) is 0 Å². The van der Waals surface area contributed by atoms with E-state index >= 15 is 0 Å². The van der Waals surface area contributed by atoms with Crippen molar-refractivity contribution in [1.82, 2.24) is 0 Å². The maximum Gasteiger partial charge on any atom is 0.176 e. The normalized spacial score (nSPS) is 14.2. The van der Waals surface area contributed by atoms with E-state index in [4.69, 9.17) is 0 Å². The van der Waals surface area contributed by atoms with Crippen molar-refractivity contribution in [3.63, 3.8) is 0 Å². The minimum atomic E-state index is -3.36. The van der Waals surface area contributed by atoms with Crippen LogP contribution in [0, 0.1) is 0 Å². The second kappa shape index (κ2) is 4.72. The van der Waals surface area contributed by atoms with E-state index in [-0.39, 0.29) is 11.1 Å². The van der Waals surface area contributed by atoms with Crippen LogP contribution in [0.2, 0.25) is 0 Å². The summed E-state index contributed by atoms with van der Waals surface area (Å²) >= 11 is 0. The highest BCUT2D eigenvalue weighted by Crippen LogP contribution is 2.45. The maximum atomic E-state index is 13.2.